The summed E-state index contributed by atoms with van der Waals surface area (Å²) >= 11 is 1.52. The Morgan fingerprint density at radius 1 is 0.875 bits per heavy atom. The Hall–Kier alpha value is -1.54. The van der Waals surface area contributed by atoms with E-state index in [9.17, 15) is 4.79 Å². The molecule has 2 heteroatoms. The fourth-order valence-electron chi connectivity index (χ4n) is 1.42. The number of hydrogen-bond acceptors (Lipinski definition) is 2. The van der Waals surface area contributed by atoms with E-state index in [0.29, 0.717) is 0 Å². The highest BCUT2D eigenvalue weighted by molar-refractivity contribution is 8.00. The van der Waals surface area contributed by atoms with Crippen molar-refractivity contribution in [1.29, 1.82) is 0 Å². The molecule has 0 aliphatic heterocycles. The Kier molecular flexibility index (Phi) is 3.78. The number of carbonyl (C=O) groups excluding carboxylic acids is 1. The molecule has 2 aromatic rings. The van der Waals surface area contributed by atoms with Gasteiger partial charge in [-0.05, 0) is 17.7 Å². The molecule has 1 unspecified atom stereocenters. The van der Waals surface area contributed by atoms with Gasteiger partial charge in [-0.15, -0.1) is 11.8 Å². The average molecular weight is 227 g/mol. The van der Waals surface area contributed by atoms with Crippen molar-refractivity contribution < 1.29 is 4.79 Å². The predicted molar refractivity (Wildman–Crippen MR) is 67.2 cm³/mol. The molecule has 0 aliphatic carbocycles. The number of thioether (sulfide) groups is 1. The van der Waals surface area contributed by atoms with Crippen LogP contribution in [0.25, 0.3) is 0 Å². The maximum absolute atomic E-state index is 11.0. The van der Waals surface area contributed by atoms with Crippen LogP contribution in [0.4, 0.5) is 0 Å². The predicted octanol–water partition coefficient (Wildman–Crippen LogP) is 3.63. The zero-order valence-electron chi connectivity index (χ0n) is 8.67. The smallest absolute Gasteiger partial charge is 0.217 e. The summed E-state index contributed by atoms with van der Waals surface area (Å²) in [5.74, 6) is 0. The third-order valence-electron chi connectivity index (χ3n) is 2.21. The van der Waals surface area contributed by atoms with E-state index in [0.717, 1.165) is 10.5 Å². The molecule has 0 spiro atoms. The lowest BCUT2D eigenvalue weighted by Gasteiger charge is -2.09. The molecule has 1 nitrogen and oxygen atoms in total. The number of hydrogen-bond donors (Lipinski definition) is 0. The van der Waals surface area contributed by atoms with Gasteiger partial charge in [-0.2, -0.15) is 0 Å². The lowest BCUT2D eigenvalue weighted by molar-refractivity contribution is 0.554. The van der Waals surface area contributed by atoms with Gasteiger partial charge in [0.2, 0.25) is 6.29 Å². The Morgan fingerprint density at radius 2 is 1.44 bits per heavy atom. The first-order valence-corrected chi connectivity index (χ1v) is 5.92. The first kappa shape index (κ1) is 11.0. The molecule has 2 aromatic carbocycles. The van der Waals surface area contributed by atoms with E-state index in [4.69, 9.17) is 0 Å². The lowest BCUT2D eigenvalue weighted by Crippen LogP contribution is -1.94. The molecule has 2 rings (SSSR count). The minimum absolute atomic E-state index is 0.247. The SMILES string of the molecule is O=[C]C(Sc1ccccc1)c1ccccc1. The van der Waals surface area contributed by atoms with Crippen LogP contribution in [0.2, 0.25) is 0 Å². The number of benzene rings is 2. The van der Waals surface area contributed by atoms with Gasteiger partial charge in [0.05, 0.1) is 0 Å². The highest BCUT2D eigenvalue weighted by Crippen LogP contribution is 2.33. The van der Waals surface area contributed by atoms with Crippen molar-refractivity contribution in [2.45, 2.75) is 10.1 Å². The van der Waals surface area contributed by atoms with Crippen molar-refractivity contribution in [1.82, 2.24) is 0 Å². The molecular formula is C14H11OS. The van der Waals surface area contributed by atoms with Crippen molar-refractivity contribution in [3.8, 4) is 0 Å². The van der Waals surface area contributed by atoms with Crippen LogP contribution in [-0.2, 0) is 4.79 Å². The summed E-state index contributed by atoms with van der Waals surface area (Å²) in [6, 6.07) is 19.6. The van der Waals surface area contributed by atoms with E-state index in [1.54, 1.807) is 0 Å². The molecule has 0 fully saturated rings. The van der Waals surface area contributed by atoms with E-state index >= 15 is 0 Å². The van der Waals surface area contributed by atoms with Gasteiger partial charge in [0, 0.05) is 4.90 Å². The highest BCUT2D eigenvalue weighted by Gasteiger charge is 2.12. The molecule has 0 heterocycles. The average Bonchev–Trinajstić information content (AvgIpc) is 2.38. The fourth-order valence-corrected chi connectivity index (χ4v) is 2.35. The molecule has 16 heavy (non-hydrogen) atoms. The van der Waals surface area contributed by atoms with Crippen LogP contribution in [0.15, 0.2) is 65.6 Å². The normalized spacial score (nSPS) is 12.0. The maximum Gasteiger partial charge on any atom is 0.217 e. The topological polar surface area (TPSA) is 17.1 Å². The van der Waals surface area contributed by atoms with E-state index in [1.165, 1.54) is 11.8 Å². The molecule has 0 saturated carbocycles. The third-order valence-corrected chi connectivity index (χ3v) is 3.35. The molecule has 0 amide bonds. The Balaban J connectivity index is 2.16. The zero-order chi connectivity index (χ0) is 11.2. The van der Waals surface area contributed by atoms with Crippen LogP contribution in [0, 0.1) is 0 Å². The van der Waals surface area contributed by atoms with Gasteiger partial charge in [0.1, 0.15) is 5.25 Å². The van der Waals surface area contributed by atoms with Gasteiger partial charge < -0.3 is 0 Å². The Labute approximate surface area is 99.5 Å². The van der Waals surface area contributed by atoms with Crippen LogP contribution in [-0.4, -0.2) is 6.29 Å². The minimum Gasteiger partial charge on any atom is -0.289 e. The van der Waals surface area contributed by atoms with Gasteiger partial charge in [0.25, 0.3) is 0 Å². The maximum atomic E-state index is 11.0. The fraction of sp³-hybridized carbons (Fsp3) is 0.0714. The van der Waals surface area contributed by atoms with Crippen LogP contribution in [0.1, 0.15) is 10.8 Å². The molecule has 0 N–H and O–H groups in total. The summed E-state index contributed by atoms with van der Waals surface area (Å²) in [7, 11) is 0. The van der Waals surface area contributed by atoms with Gasteiger partial charge >= 0.3 is 0 Å². The quantitative estimate of drug-likeness (QED) is 0.742. The van der Waals surface area contributed by atoms with Crippen molar-refractivity contribution in [3.05, 3.63) is 66.2 Å². The third kappa shape index (κ3) is 2.74. The van der Waals surface area contributed by atoms with E-state index in [-0.39, 0.29) is 5.25 Å². The van der Waals surface area contributed by atoms with E-state index < -0.39 is 0 Å². The molecule has 1 atom stereocenters. The summed E-state index contributed by atoms with van der Waals surface area (Å²) < 4.78 is 0. The minimum atomic E-state index is -0.247. The summed E-state index contributed by atoms with van der Waals surface area (Å²) in [6.45, 7) is 0. The summed E-state index contributed by atoms with van der Waals surface area (Å²) in [6.07, 6.45) is 2.08. The first-order chi connectivity index (χ1) is 7.90. The van der Waals surface area contributed by atoms with Gasteiger partial charge in [0.15, 0.2) is 0 Å². The molecule has 1 radical (unpaired) electrons. The summed E-state index contributed by atoms with van der Waals surface area (Å²) in [4.78, 5) is 12.0. The van der Waals surface area contributed by atoms with Crippen molar-refractivity contribution >= 4 is 18.0 Å². The first-order valence-electron chi connectivity index (χ1n) is 5.04. The Morgan fingerprint density at radius 3 is 2.00 bits per heavy atom. The molecule has 0 saturated heterocycles. The lowest BCUT2D eigenvalue weighted by atomic mass is 10.2. The second-order valence-corrected chi connectivity index (χ2v) is 4.52. The second kappa shape index (κ2) is 5.52. The van der Waals surface area contributed by atoms with Crippen molar-refractivity contribution in [3.63, 3.8) is 0 Å². The van der Waals surface area contributed by atoms with E-state index in [2.05, 4.69) is 6.29 Å². The molecule has 79 valence electrons. The zero-order valence-corrected chi connectivity index (χ0v) is 9.48. The molecule has 0 aromatic heterocycles. The summed E-state index contributed by atoms with van der Waals surface area (Å²) in [5.41, 5.74) is 0.992. The standard InChI is InChI=1S/C14H11OS/c15-11-14(12-7-3-1-4-8-12)16-13-9-5-2-6-10-13/h1-10,14H. The van der Waals surface area contributed by atoms with E-state index in [1.807, 2.05) is 60.7 Å². The monoisotopic (exact) mass is 227 g/mol. The van der Waals surface area contributed by atoms with Crippen LogP contribution in [0.3, 0.4) is 0 Å². The van der Waals surface area contributed by atoms with Crippen LogP contribution < -0.4 is 0 Å². The number of rotatable bonds is 4. The molecular weight excluding hydrogens is 216 g/mol. The van der Waals surface area contributed by atoms with Crippen molar-refractivity contribution in [2.24, 2.45) is 0 Å². The Bertz CT molecular complexity index is 439. The van der Waals surface area contributed by atoms with Gasteiger partial charge in [-0.1, -0.05) is 48.5 Å². The molecule has 0 bridgehead atoms. The van der Waals surface area contributed by atoms with Gasteiger partial charge in [-0.3, -0.25) is 4.79 Å². The van der Waals surface area contributed by atoms with Crippen LogP contribution >= 0.6 is 11.8 Å². The largest absolute Gasteiger partial charge is 0.289 e. The molecule has 0 aliphatic rings. The second-order valence-electron chi connectivity index (χ2n) is 3.34. The van der Waals surface area contributed by atoms with Crippen LogP contribution in [0.5, 0.6) is 0 Å². The van der Waals surface area contributed by atoms with Crippen molar-refractivity contribution in [2.75, 3.05) is 0 Å². The highest BCUT2D eigenvalue weighted by atomic mass is 32.2. The van der Waals surface area contributed by atoms with Gasteiger partial charge in [-0.25, -0.2) is 0 Å². The summed E-state index contributed by atoms with van der Waals surface area (Å²) in [5, 5.41) is -0.247.